The van der Waals surface area contributed by atoms with Crippen molar-refractivity contribution in [3.63, 3.8) is 0 Å². The molecule has 0 unspecified atom stereocenters. The van der Waals surface area contributed by atoms with Gasteiger partial charge in [-0.2, -0.15) is 0 Å². The molecule has 0 aliphatic heterocycles. The molecule has 0 spiro atoms. The van der Waals surface area contributed by atoms with E-state index in [9.17, 15) is 16.8 Å². The molecule has 0 bridgehead atoms. The van der Waals surface area contributed by atoms with Crippen molar-refractivity contribution >= 4 is 25.7 Å². The smallest absolute Gasteiger partial charge is 0.261 e. The summed E-state index contributed by atoms with van der Waals surface area (Å²) in [7, 11) is -7.75. The van der Waals surface area contributed by atoms with Gasteiger partial charge in [0.05, 0.1) is 15.5 Å². The van der Waals surface area contributed by atoms with Crippen molar-refractivity contribution in [2.24, 2.45) is 5.14 Å². The Bertz CT molecular complexity index is 1020. The number of aryl methyl sites for hydroxylation is 1. The Hall–Kier alpha value is -1.90. The van der Waals surface area contributed by atoms with Gasteiger partial charge in [0.15, 0.2) is 0 Å². The number of sulfonamides is 2. The number of anilines is 1. The molecule has 8 heteroatoms. The average Bonchev–Trinajstić information content (AvgIpc) is 2.63. The first-order chi connectivity index (χ1) is 12.7. The van der Waals surface area contributed by atoms with Gasteiger partial charge in [-0.15, -0.1) is 0 Å². The summed E-state index contributed by atoms with van der Waals surface area (Å²) < 4.78 is 51.0. The third-order valence-corrected chi connectivity index (χ3v) is 7.46. The monoisotopic (exact) mass is 408 g/mol. The summed E-state index contributed by atoms with van der Waals surface area (Å²) in [5, 5.41) is 5.18. The molecule has 3 rings (SSSR count). The van der Waals surface area contributed by atoms with E-state index in [1.165, 1.54) is 43.0 Å². The molecule has 146 valence electrons. The summed E-state index contributed by atoms with van der Waals surface area (Å²) in [6.45, 7) is 1.60. The summed E-state index contributed by atoms with van der Waals surface area (Å²) in [4.78, 5) is 0.0372. The van der Waals surface area contributed by atoms with Crippen LogP contribution in [0.15, 0.2) is 52.3 Å². The van der Waals surface area contributed by atoms with E-state index in [4.69, 9.17) is 5.14 Å². The van der Waals surface area contributed by atoms with Crippen molar-refractivity contribution in [3.8, 4) is 0 Å². The van der Waals surface area contributed by atoms with E-state index in [0.29, 0.717) is 11.5 Å². The van der Waals surface area contributed by atoms with E-state index < -0.39 is 20.0 Å². The van der Waals surface area contributed by atoms with Gasteiger partial charge in [-0.1, -0.05) is 37.5 Å². The Morgan fingerprint density at radius 3 is 2.15 bits per heavy atom. The van der Waals surface area contributed by atoms with Crippen molar-refractivity contribution in [2.45, 2.75) is 54.7 Å². The summed E-state index contributed by atoms with van der Waals surface area (Å²) in [5.74, 6) is 0.498. The molecule has 2 aromatic carbocycles. The van der Waals surface area contributed by atoms with Gasteiger partial charge in [-0.3, -0.25) is 4.72 Å². The van der Waals surface area contributed by atoms with E-state index in [1.54, 1.807) is 19.1 Å². The van der Waals surface area contributed by atoms with Crippen molar-refractivity contribution in [3.05, 3.63) is 53.6 Å². The maximum absolute atomic E-state index is 12.6. The highest BCUT2D eigenvalue weighted by Gasteiger charge is 2.19. The molecule has 0 atom stereocenters. The molecule has 0 radical (unpaired) electrons. The minimum Gasteiger partial charge on any atom is -0.280 e. The molecule has 0 amide bonds. The van der Waals surface area contributed by atoms with Gasteiger partial charge in [0.2, 0.25) is 10.0 Å². The lowest BCUT2D eigenvalue weighted by Crippen LogP contribution is -2.16. The number of nitrogens with two attached hydrogens (primary N) is 1. The minimum atomic E-state index is -3.93. The molecule has 0 heterocycles. The molecule has 2 aromatic rings. The van der Waals surface area contributed by atoms with Gasteiger partial charge in [0.25, 0.3) is 10.0 Å². The zero-order valence-electron chi connectivity index (χ0n) is 15.2. The highest BCUT2D eigenvalue weighted by atomic mass is 32.2. The van der Waals surface area contributed by atoms with Crippen LogP contribution in [-0.2, 0) is 20.0 Å². The lowest BCUT2D eigenvalue weighted by molar-refractivity contribution is 0.443. The molecule has 3 N–H and O–H groups in total. The van der Waals surface area contributed by atoms with E-state index >= 15 is 0 Å². The molecule has 1 saturated carbocycles. The van der Waals surface area contributed by atoms with Crippen LogP contribution in [0.4, 0.5) is 5.69 Å². The van der Waals surface area contributed by atoms with E-state index in [0.717, 1.165) is 12.8 Å². The fourth-order valence-corrected chi connectivity index (χ4v) is 5.40. The topological polar surface area (TPSA) is 106 Å². The molecule has 1 aliphatic carbocycles. The highest BCUT2D eigenvalue weighted by Crippen LogP contribution is 2.33. The quantitative estimate of drug-likeness (QED) is 0.790. The third kappa shape index (κ3) is 4.69. The van der Waals surface area contributed by atoms with Gasteiger partial charge < -0.3 is 0 Å². The molecule has 1 fully saturated rings. The maximum Gasteiger partial charge on any atom is 0.261 e. The van der Waals surface area contributed by atoms with Crippen LogP contribution >= 0.6 is 0 Å². The van der Waals surface area contributed by atoms with Crippen molar-refractivity contribution in [1.82, 2.24) is 0 Å². The second kappa shape index (κ2) is 7.61. The van der Waals surface area contributed by atoms with Crippen LogP contribution in [0.3, 0.4) is 0 Å². The Morgan fingerprint density at radius 2 is 1.56 bits per heavy atom. The van der Waals surface area contributed by atoms with Crippen LogP contribution in [0.25, 0.3) is 0 Å². The van der Waals surface area contributed by atoms with Gasteiger partial charge in [-0.05, 0) is 61.1 Å². The van der Waals surface area contributed by atoms with Crippen molar-refractivity contribution in [2.75, 3.05) is 4.72 Å². The number of hydrogen-bond donors (Lipinski definition) is 2. The molecule has 1 aliphatic rings. The first kappa shape index (κ1) is 19.9. The highest BCUT2D eigenvalue weighted by molar-refractivity contribution is 7.92. The predicted octanol–water partition coefficient (Wildman–Crippen LogP) is 3.49. The molecule has 0 saturated heterocycles. The zero-order valence-corrected chi connectivity index (χ0v) is 16.8. The largest absolute Gasteiger partial charge is 0.280 e. The molecule has 27 heavy (non-hydrogen) atoms. The normalized spacial score (nSPS) is 16.2. The zero-order chi connectivity index (χ0) is 19.7. The van der Waals surface area contributed by atoms with Gasteiger partial charge in [0, 0.05) is 0 Å². The van der Waals surface area contributed by atoms with Crippen molar-refractivity contribution < 1.29 is 16.8 Å². The fraction of sp³-hybridized carbons (Fsp3) is 0.368. The molecular formula is C19H24N2O4S2. The molecular weight excluding hydrogens is 384 g/mol. The van der Waals surface area contributed by atoms with Crippen LogP contribution in [0.1, 0.15) is 49.1 Å². The van der Waals surface area contributed by atoms with Gasteiger partial charge in [0.1, 0.15) is 0 Å². The van der Waals surface area contributed by atoms with Crippen LogP contribution < -0.4 is 9.86 Å². The van der Waals surface area contributed by atoms with E-state index in [-0.39, 0.29) is 15.5 Å². The second-order valence-corrected chi connectivity index (χ2v) is 10.2. The number of hydrogen-bond acceptors (Lipinski definition) is 4. The number of rotatable bonds is 5. The maximum atomic E-state index is 12.6. The van der Waals surface area contributed by atoms with Crippen molar-refractivity contribution in [1.29, 1.82) is 0 Å². The summed E-state index contributed by atoms with van der Waals surface area (Å²) in [6.07, 6.45) is 5.98. The minimum absolute atomic E-state index is 0.102. The Morgan fingerprint density at radius 1 is 0.926 bits per heavy atom. The SMILES string of the molecule is Cc1ccc(NS(=O)(=O)c2ccc(C3CCCCC3)cc2)cc1S(N)(=O)=O. The number of benzene rings is 2. The standard InChI is InChI=1S/C19H24N2O4S2/c1-14-7-10-17(13-19(14)26(20,22)23)21-27(24,25)18-11-8-16(9-12-18)15-5-3-2-4-6-15/h7-13,15,21H,2-6H2,1H3,(H2,20,22,23). The predicted molar refractivity (Wildman–Crippen MR) is 106 cm³/mol. The van der Waals surface area contributed by atoms with Crippen LogP contribution in [0.2, 0.25) is 0 Å². The second-order valence-electron chi connectivity index (χ2n) is 7.03. The van der Waals surface area contributed by atoms with Gasteiger partial charge in [-0.25, -0.2) is 22.0 Å². The molecule has 0 aromatic heterocycles. The first-order valence-corrected chi connectivity index (χ1v) is 12.0. The van der Waals surface area contributed by atoms with Gasteiger partial charge >= 0.3 is 0 Å². The van der Waals surface area contributed by atoms with Crippen LogP contribution in [-0.4, -0.2) is 16.8 Å². The number of primary sulfonamides is 1. The lowest BCUT2D eigenvalue weighted by Gasteiger charge is -2.22. The summed E-state index contributed by atoms with van der Waals surface area (Å²) >= 11 is 0. The van der Waals surface area contributed by atoms with Crippen LogP contribution in [0.5, 0.6) is 0 Å². The van der Waals surface area contributed by atoms with Crippen LogP contribution in [0, 0.1) is 6.92 Å². The molecule has 6 nitrogen and oxygen atoms in total. The Kier molecular flexibility index (Phi) is 5.60. The fourth-order valence-electron chi connectivity index (χ4n) is 3.54. The van der Waals surface area contributed by atoms with E-state index in [1.807, 2.05) is 12.1 Å². The van der Waals surface area contributed by atoms with E-state index in [2.05, 4.69) is 4.72 Å². The Balaban J connectivity index is 1.83. The summed E-state index contributed by atoms with van der Waals surface area (Å²) in [6, 6.07) is 11.2. The number of nitrogens with one attached hydrogen (secondary N) is 1. The average molecular weight is 409 g/mol. The first-order valence-electron chi connectivity index (χ1n) is 8.93. The summed E-state index contributed by atoms with van der Waals surface area (Å²) in [5.41, 5.74) is 1.78. The third-order valence-electron chi connectivity index (χ3n) is 5.01. The Labute approximate surface area is 160 Å². The lowest BCUT2D eigenvalue weighted by atomic mass is 9.84.